The second kappa shape index (κ2) is 5.62. The van der Waals surface area contributed by atoms with Crippen LogP contribution in [0.5, 0.6) is 5.75 Å². The second-order valence-corrected chi connectivity index (χ2v) is 5.43. The van der Waals surface area contributed by atoms with Crippen molar-refractivity contribution in [1.29, 1.82) is 0 Å². The number of rotatable bonds is 3. The monoisotopic (exact) mass is 319 g/mol. The summed E-state index contributed by atoms with van der Waals surface area (Å²) in [6.07, 6.45) is 1.62. The van der Waals surface area contributed by atoms with Crippen LogP contribution in [0.2, 0.25) is 0 Å². The van der Waals surface area contributed by atoms with Gasteiger partial charge >= 0.3 is 0 Å². The lowest BCUT2D eigenvalue weighted by Gasteiger charge is -2.28. The average Bonchev–Trinajstić information content (AvgIpc) is 3.21. The molecule has 3 heterocycles. The lowest BCUT2D eigenvalue weighted by Crippen LogP contribution is -2.38. The summed E-state index contributed by atoms with van der Waals surface area (Å²) in [5.74, 6) is 0.485. The highest BCUT2D eigenvalue weighted by molar-refractivity contribution is 5.97. The van der Waals surface area contributed by atoms with Crippen LogP contribution in [0.3, 0.4) is 0 Å². The maximum absolute atomic E-state index is 13.5. The molecule has 120 valence electrons. The highest BCUT2D eigenvalue weighted by Crippen LogP contribution is 2.33. The van der Waals surface area contributed by atoms with Gasteiger partial charge in [0.15, 0.2) is 12.4 Å². The van der Waals surface area contributed by atoms with Gasteiger partial charge in [-0.05, 0) is 25.0 Å². The molecule has 1 aromatic heterocycles. The van der Waals surface area contributed by atoms with Crippen molar-refractivity contribution in [1.82, 2.24) is 10.1 Å². The van der Waals surface area contributed by atoms with Crippen LogP contribution in [-0.2, 0) is 16.1 Å². The first-order chi connectivity index (χ1) is 11.2. The van der Waals surface area contributed by atoms with Gasteiger partial charge in [0, 0.05) is 12.7 Å². The Balaban J connectivity index is 1.59. The first kappa shape index (κ1) is 14.1. The Bertz CT molecular complexity index is 742. The van der Waals surface area contributed by atoms with Crippen molar-refractivity contribution in [2.24, 2.45) is 0 Å². The Morgan fingerprint density at radius 3 is 3.13 bits per heavy atom. The standard InChI is InChI=1S/C15H14FN3O4/c16-9-3-4-11-10(6-9)19(14(20)8-22-11)7-13-17-15(23-18-13)12-2-1-5-21-12/h3-4,6,12H,1-2,5,7-8H2/t12-/m0/s1. The molecule has 2 aliphatic rings. The fourth-order valence-electron chi connectivity index (χ4n) is 2.72. The zero-order valence-electron chi connectivity index (χ0n) is 12.2. The van der Waals surface area contributed by atoms with E-state index in [-0.39, 0.29) is 25.2 Å². The number of halogens is 1. The maximum Gasteiger partial charge on any atom is 0.265 e. The predicted molar refractivity (Wildman–Crippen MR) is 75.3 cm³/mol. The van der Waals surface area contributed by atoms with Gasteiger partial charge < -0.3 is 14.0 Å². The molecule has 1 saturated heterocycles. The third kappa shape index (κ3) is 2.65. The fraction of sp³-hybridized carbons (Fsp3) is 0.400. The molecule has 1 fully saturated rings. The van der Waals surface area contributed by atoms with E-state index in [1.807, 2.05) is 0 Å². The third-order valence-electron chi connectivity index (χ3n) is 3.85. The maximum atomic E-state index is 13.5. The van der Waals surface area contributed by atoms with Crippen LogP contribution in [0.4, 0.5) is 10.1 Å². The fourth-order valence-corrected chi connectivity index (χ4v) is 2.72. The van der Waals surface area contributed by atoms with Crippen LogP contribution >= 0.6 is 0 Å². The molecular formula is C15H14FN3O4. The van der Waals surface area contributed by atoms with Gasteiger partial charge in [-0.1, -0.05) is 5.16 Å². The van der Waals surface area contributed by atoms with E-state index in [2.05, 4.69) is 10.1 Å². The molecule has 7 nitrogen and oxygen atoms in total. The van der Waals surface area contributed by atoms with Crippen molar-refractivity contribution in [3.63, 3.8) is 0 Å². The number of anilines is 1. The number of benzene rings is 1. The van der Waals surface area contributed by atoms with Gasteiger partial charge in [-0.2, -0.15) is 4.98 Å². The largest absolute Gasteiger partial charge is 0.482 e. The van der Waals surface area contributed by atoms with Crippen molar-refractivity contribution in [2.75, 3.05) is 18.1 Å². The van der Waals surface area contributed by atoms with E-state index in [4.69, 9.17) is 14.0 Å². The summed E-state index contributed by atoms with van der Waals surface area (Å²) in [6, 6.07) is 4.04. The summed E-state index contributed by atoms with van der Waals surface area (Å²) >= 11 is 0. The lowest BCUT2D eigenvalue weighted by molar-refractivity contribution is -0.121. The van der Waals surface area contributed by atoms with E-state index in [1.165, 1.54) is 23.1 Å². The zero-order chi connectivity index (χ0) is 15.8. The van der Waals surface area contributed by atoms with E-state index in [1.54, 1.807) is 0 Å². The topological polar surface area (TPSA) is 77.7 Å². The highest BCUT2D eigenvalue weighted by Gasteiger charge is 2.29. The van der Waals surface area contributed by atoms with E-state index in [0.29, 0.717) is 29.8 Å². The normalized spacial score (nSPS) is 20.5. The van der Waals surface area contributed by atoms with Crippen molar-refractivity contribution < 1.29 is 23.2 Å². The molecule has 0 saturated carbocycles. The number of aromatic nitrogens is 2. The van der Waals surface area contributed by atoms with Crippen LogP contribution in [-0.4, -0.2) is 29.3 Å². The number of amides is 1. The molecule has 1 atom stereocenters. The minimum absolute atomic E-state index is 0.0921. The molecule has 2 aromatic rings. The van der Waals surface area contributed by atoms with Gasteiger partial charge in [0.1, 0.15) is 17.7 Å². The van der Waals surface area contributed by atoms with Gasteiger partial charge in [0.2, 0.25) is 0 Å². The van der Waals surface area contributed by atoms with Crippen LogP contribution in [0.1, 0.15) is 30.7 Å². The van der Waals surface area contributed by atoms with Crippen molar-refractivity contribution in [3.05, 3.63) is 35.7 Å². The lowest BCUT2D eigenvalue weighted by atomic mass is 10.2. The summed E-state index contributed by atoms with van der Waals surface area (Å²) in [5.41, 5.74) is 0.365. The Morgan fingerprint density at radius 2 is 2.30 bits per heavy atom. The summed E-state index contributed by atoms with van der Waals surface area (Å²) in [5, 5.41) is 3.89. The predicted octanol–water partition coefficient (Wildman–Crippen LogP) is 1.99. The van der Waals surface area contributed by atoms with E-state index in [9.17, 15) is 9.18 Å². The molecule has 0 unspecified atom stereocenters. The number of fused-ring (bicyclic) bond motifs is 1. The molecule has 0 spiro atoms. The Hall–Kier alpha value is -2.48. The second-order valence-electron chi connectivity index (χ2n) is 5.43. The van der Waals surface area contributed by atoms with Crippen LogP contribution in [0, 0.1) is 5.82 Å². The summed E-state index contributed by atoms with van der Waals surface area (Å²) in [4.78, 5) is 17.8. The molecule has 8 heteroatoms. The number of carbonyl (C=O) groups excluding carboxylic acids is 1. The van der Waals surface area contributed by atoms with Gasteiger partial charge in [0.25, 0.3) is 11.8 Å². The molecule has 0 radical (unpaired) electrons. The van der Waals surface area contributed by atoms with Gasteiger partial charge in [-0.3, -0.25) is 9.69 Å². The number of ether oxygens (including phenoxy) is 2. The minimum Gasteiger partial charge on any atom is -0.482 e. The number of carbonyl (C=O) groups is 1. The van der Waals surface area contributed by atoms with Crippen molar-refractivity contribution in [2.45, 2.75) is 25.5 Å². The zero-order valence-corrected chi connectivity index (χ0v) is 12.2. The number of hydrogen-bond acceptors (Lipinski definition) is 6. The average molecular weight is 319 g/mol. The van der Waals surface area contributed by atoms with Gasteiger partial charge in [-0.25, -0.2) is 4.39 Å². The molecule has 0 aliphatic carbocycles. The molecular weight excluding hydrogens is 305 g/mol. The quantitative estimate of drug-likeness (QED) is 0.861. The molecule has 0 bridgehead atoms. The Labute approximate surface area is 131 Å². The minimum atomic E-state index is -0.444. The Morgan fingerprint density at radius 1 is 1.39 bits per heavy atom. The highest BCUT2D eigenvalue weighted by atomic mass is 19.1. The van der Waals surface area contributed by atoms with E-state index >= 15 is 0 Å². The van der Waals surface area contributed by atoms with Crippen LogP contribution in [0.25, 0.3) is 0 Å². The summed E-state index contributed by atoms with van der Waals surface area (Å²) in [6.45, 7) is 0.668. The van der Waals surface area contributed by atoms with E-state index < -0.39 is 5.82 Å². The van der Waals surface area contributed by atoms with Crippen molar-refractivity contribution in [3.8, 4) is 5.75 Å². The van der Waals surface area contributed by atoms with Crippen LogP contribution < -0.4 is 9.64 Å². The molecule has 4 rings (SSSR count). The van der Waals surface area contributed by atoms with Gasteiger partial charge in [0.05, 0.1) is 12.2 Å². The first-order valence-electron chi connectivity index (χ1n) is 7.37. The first-order valence-corrected chi connectivity index (χ1v) is 7.37. The van der Waals surface area contributed by atoms with Crippen molar-refractivity contribution >= 4 is 11.6 Å². The number of nitrogens with zero attached hydrogens (tertiary/aromatic N) is 3. The molecule has 2 aliphatic heterocycles. The molecule has 0 N–H and O–H groups in total. The van der Waals surface area contributed by atoms with E-state index in [0.717, 1.165) is 12.8 Å². The summed E-state index contributed by atoms with van der Waals surface area (Å²) in [7, 11) is 0. The third-order valence-corrected chi connectivity index (χ3v) is 3.85. The molecule has 23 heavy (non-hydrogen) atoms. The smallest absolute Gasteiger partial charge is 0.265 e. The van der Waals surface area contributed by atoms with Crippen LogP contribution in [0.15, 0.2) is 22.7 Å². The Kier molecular flexibility index (Phi) is 3.45. The summed E-state index contributed by atoms with van der Waals surface area (Å²) < 4.78 is 29.5. The number of hydrogen-bond donors (Lipinski definition) is 0. The molecule has 1 amide bonds. The van der Waals surface area contributed by atoms with Gasteiger partial charge in [-0.15, -0.1) is 0 Å². The SMILES string of the molecule is O=C1COc2ccc(F)cc2N1Cc1noc([C@@H]2CCCO2)n1. The molecule has 1 aromatic carbocycles.